The molecule has 5 aliphatic rings. The van der Waals surface area contributed by atoms with E-state index < -0.39 is 0 Å². The van der Waals surface area contributed by atoms with E-state index in [2.05, 4.69) is 134 Å². The summed E-state index contributed by atoms with van der Waals surface area (Å²) >= 11 is 9.53. The number of nitrogens with zero attached hydrogens (tertiary/aromatic N) is 7. The number of piperazine rings is 4. The van der Waals surface area contributed by atoms with Gasteiger partial charge in [-0.15, -0.1) is 45.3 Å². The molecule has 0 unspecified atom stereocenters. The Hall–Kier alpha value is -4.05. The van der Waals surface area contributed by atoms with Crippen LogP contribution in [0, 0.1) is 45.9 Å². The van der Waals surface area contributed by atoms with Gasteiger partial charge in [-0.2, -0.15) is 10.5 Å². The number of thiophene rings is 4. The maximum Gasteiger partial charge on any atom is 1.00 e. The third-order valence-electron chi connectivity index (χ3n) is 17.2. The number of rotatable bonds is 12. The molecule has 0 aliphatic carbocycles. The summed E-state index contributed by atoms with van der Waals surface area (Å²) in [7, 11) is 0. The summed E-state index contributed by atoms with van der Waals surface area (Å²) in [6.45, 7) is 31.1. The Balaban J connectivity index is 0.000000254. The molecule has 5 saturated heterocycles. The molecule has 0 bridgehead atoms. The number of ether oxygens (including phenoxy) is 1. The van der Waals surface area contributed by atoms with Gasteiger partial charge in [0.1, 0.15) is 23.3 Å². The average molecular weight is 1470 g/mol. The van der Waals surface area contributed by atoms with Crippen LogP contribution in [0.3, 0.4) is 0 Å². The summed E-state index contributed by atoms with van der Waals surface area (Å²) < 4.78 is 61.5. The number of hydrogen-bond donors (Lipinski definition) is 5. The smallest absolute Gasteiger partial charge is 1.00 e. The molecule has 5 aliphatic heterocycles. The molecule has 96 heavy (non-hydrogen) atoms. The van der Waals surface area contributed by atoms with Gasteiger partial charge < -0.3 is 48.3 Å². The fourth-order valence-electron chi connectivity index (χ4n) is 12.8. The molecule has 0 saturated carbocycles. The van der Waals surface area contributed by atoms with Gasteiger partial charge >= 0.3 is 18.9 Å². The van der Waals surface area contributed by atoms with Gasteiger partial charge in [-0.05, 0) is 186 Å². The Labute approximate surface area is 617 Å². The van der Waals surface area contributed by atoms with Crippen molar-refractivity contribution in [3.8, 4) is 12.1 Å². The maximum atomic E-state index is 13.4. The van der Waals surface area contributed by atoms with E-state index >= 15 is 0 Å². The van der Waals surface area contributed by atoms with Crippen LogP contribution in [0.15, 0.2) is 94.3 Å². The topological polar surface area (TPSA) is 161 Å². The van der Waals surface area contributed by atoms with Crippen LogP contribution in [0.25, 0.3) is 40.3 Å². The van der Waals surface area contributed by atoms with Gasteiger partial charge in [0.2, 0.25) is 0 Å². The van der Waals surface area contributed by atoms with Crippen molar-refractivity contribution in [1.82, 2.24) is 25.8 Å². The van der Waals surface area contributed by atoms with E-state index in [0.29, 0.717) is 61.2 Å². The Bertz CT molecular complexity index is 3600. The number of fused-ring (bicyclic) bond motifs is 4. The third kappa shape index (κ3) is 25.2. The number of unbranched alkanes of at least 4 members (excludes halogenated alkanes) is 3. The second-order valence-corrected chi connectivity index (χ2v) is 29.8. The van der Waals surface area contributed by atoms with E-state index in [9.17, 15) is 17.6 Å². The summed E-state index contributed by atoms with van der Waals surface area (Å²) in [4.78, 5) is 12.4. The Morgan fingerprint density at radius 1 is 0.521 bits per heavy atom. The maximum absolute atomic E-state index is 13.4. The van der Waals surface area contributed by atoms with Crippen molar-refractivity contribution in [2.24, 2.45) is 5.73 Å². The molecule has 0 spiro atoms. The summed E-state index contributed by atoms with van der Waals surface area (Å²) in [5.74, 6) is -0.690. The predicted octanol–water partition coefficient (Wildman–Crippen LogP) is 12.1. The SMILES string of the molecule is C1CCOC1.C[C@@H]1CN(c2csc3cc(F)ccc23)C[C@H](C)N1.C[C@@H]1CN(c2csc3cc(F)ccc23)C[C@H](C)N1CCCC#N.C[C@@H]1CN(c2csc3cc(F)ccc23)C[C@H](C)N1CCCCN.C[C@@H]1CNC[C@H](C)N1.N#CCCCBr.Nc1csc2cc(F)ccc12.[AlH3].[H-].[Li+]. The van der Waals surface area contributed by atoms with Crippen molar-refractivity contribution < 1.29 is 42.6 Å². The molecule has 0 amide bonds. The van der Waals surface area contributed by atoms with Gasteiger partial charge in [0.25, 0.3) is 0 Å². The first-order valence-electron chi connectivity index (χ1n) is 33.3. The molecule has 13 rings (SSSR count). The molecule has 9 heterocycles. The summed E-state index contributed by atoms with van der Waals surface area (Å²) in [6.07, 6.45) is 8.03. The van der Waals surface area contributed by atoms with Gasteiger partial charge in [-0.1, -0.05) is 15.9 Å². The van der Waals surface area contributed by atoms with Crippen molar-refractivity contribution in [2.45, 2.75) is 155 Å². The summed E-state index contributed by atoms with van der Waals surface area (Å²) in [5.41, 5.74) is 15.7. The standard InChI is InChI=1S/C18H26FN3S.C18H22FN3S.C14H17FN2S.C8H6FNS.C6H14N2.C4H6BrN.C4H8O.Al.Li.4H/c2*1-13-10-21(11-14(2)22(13)8-4-3-7-20)17-12-23-18-9-15(19)5-6-16(17)18;1-9-6-17(7-10(2)16-9)13-8-18-14-5-11(15)3-4-12(13)14;9-5-1-2-6-7(10)4-11-8(6)3-5;1-5-3-7-4-6(2)8-5;5-3-1-2-4-6;1-2-4-5-3-1;;;;;;/h5-6,9,12-14H,3-4,7-8,10-11,20H2,1-2H3;5-6,9,12-14H,3-4,8,10-11H2,1-2H3;3-5,8-10,16H,6-7H2,1-2H3;1-4H,10H2;5-8H,3-4H2,1-2H3;1-3H2;1-4H2;;;;;;/q;;;;;;;;+1;;;;-1/t2*13-,14+;9-,10+;;5-,6+;;;;;;;;. The number of benzene rings is 4. The van der Waals surface area contributed by atoms with Crippen LogP contribution in [0.2, 0.25) is 0 Å². The molecule has 8 atom stereocenters. The van der Waals surface area contributed by atoms with Crippen LogP contribution in [-0.2, 0) is 4.74 Å². The summed E-state index contributed by atoms with van der Waals surface area (Å²) in [6, 6.07) is 28.4. The molecule has 8 aromatic rings. The second kappa shape index (κ2) is 42.9. The summed E-state index contributed by atoms with van der Waals surface area (Å²) in [5, 5.41) is 40.6. The van der Waals surface area contributed by atoms with Crippen LogP contribution in [0.5, 0.6) is 0 Å². The van der Waals surface area contributed by atoms with E-state index in [1.54, 1.807) is 76.5 Å². The van der Waals surface area contributed by atoms with E-state index in [0.717, 1.165) is 145 Å². The fourth-order valence-corrected chi connectivity index (χ4v) is 16.9. The Morgan fingerprint density at radius 3 is 1.22 bits per heavy atom. The van der Waals surface area contributed by atoms with Gasteiger partial charge in [0.05, 0.1) is 34.9 Å². The first-order chi connectivity index (χ1) is 45.3. The Kier molecular flexibility index (Phi) is 36.9. The minimum atomic E-state index is -0.209. The third-order valence-corrected chi connectivity index (χ3v) is 21.5. The van der Waals surface area contributed by atoms with Crippen LogP contribution < -0.4 is 61.0 Å². The van der Waals surface area contributed by atoms with Gasteiger partial charge in [-0.3, -0.25) is 9.80 Å². The molecule has 5 fully saturated rings. The van der Waals surface area contributed by atoms with Crippen molar-refractivity contribution in [1.29, 1.82) is 10.5 Å². The largest absolute Gasteiger partial charge is 1.00 e. The van der Waals surface area contributed by atoms with Crippen molar-refractivity contribution in [2.75, 3.05) is 111 Å². The number of nitrogens with one attached hydrogen (secondary N) is 3. The zero-order valence-electron chi connectivity index (χ0n) is 58.1. The number of nitriles is 2. The normalized spacial score (nSPS) is 21.7. The van der Waals surface area contributed by atoms with Gasteiger partial charge in [-0.25, -0.2) is 17.6 Å². The molecule has 13 nitrogen and oxygen atoms in total. The fraction of sp³-hybridized carbons (Fsp3) is 0.528. The van der Waals surface area contributed by atoms with Crippen LogP contribution in [0.4, 0.5) is 40.3 Å². The predicted molar refractivity (Wildman–Crippen MR) is 409 cm³/mol. The molecule has 0 radical (unpaired) electrons. The molecular formula is C72H103AlBrF4LiN12OS4. The first-order valence-corrected chi connectivity index (χ1v) is 37.9. The second-order valence-electron chi connectivity index (χ2n) is 25.3. The monoisotopic (exact) mass is 1470 g/mol. The van der Waals surface area contributed by atoms with E-state index in [1.165, 1.54) is 70.6 Å². The molecule has 520 valence electrons. The van der Waals surface area contributed by atoms with Crippen molar-refractivity contribution >= 4 is 142 Å². The van der Waals surface area contributed by atoms with Gasteiger partial charge in [0.15, 0.2) is 17.4 Å². The number of halogens is 5. The molecule has 4 aromatic heterocycles. The van der Waals surface area contributed by atoms with Crippen LogP contribution in [-0.4, -0.2) is 166 Å². The minimum absolute atomic E-state index is 0. The Morgan fingerprint density at radius 2 is 0.875 bits per heavy atom. The first kappa shape index (κ1) is 82.6. The average Bonchev–Trinajstić information content (AvgIpc) is 1.72. The number of anilines is 4. The van der Waals surface area contributed by atoms with Crippen LogP contribution >= 0.6 is 61.3 Å². The number of alkyl halides is 1. The van der Waals surface area contributed by atoms with Crippen molar-refractivity contribution in [3.05, 3.63) is 118 Å². The molecule has 24 heteroatoms. The zero-order valence-corrected chi connectivity index (χ0v) is 62.0. The quantitative estimate of drug-likeness (QED) is 0.0341. The zero-order chi connectivity index (χ0) is 67.7. The van der Waals surface area contributed by atoms with Gasteiger partial charge in [0, 0.05) is 194 Å². The molecule has 4 aromatic carbocycles. The van der Waals surface area contributed by atoms with E-state index in [4.69, 9.17) is 26.7 Å². The van der Waals surface area contributed by atoms with E-state index in [-0.39, 0.29) is 60.9 Å². The minimum Gasteiger partial charge on any atom is -1.00 e. The van der Waals surface area contributed by atoms with Crippen LogP contribution in [0.1, 0.15) is 108 Å². The molecular weight excluding hydrogens is 1370 g/mol. The number of nitrogen functional groups attached to an aromatic ring is 1. The number of hydrogen-bond acceptors (Lipinski definition) is 17. The number of nitrogens with two attached hydrogens (primary N) is 2. The molecule has 7 N–H and O–H groups in total. The van der Waals surface area contributed by atoms with E-state index in [1.807, 2.05) is 29.6 Å². The van der Waals surface area contributed by atoms with Crippen molar-refractivity contribution in [3.63, 3.8) is 0 Å².